The van der Waals surface area contributed by atoms with Gasteiger partial charge in [-0.15, -0.1) is 0 Å². The molecule has 2 unspecified atom stereocenters. The number of benzene rings is 2. The highest BCUT2D eigenvalue weighted by Crippen LogP contribution is 2.37. The lowest BCUT2D eigenvalue weighted by atomic mass is 9.74. The minimum atomic E-state index is -1.02. The van der Waals surface area contributed by atoms with Gasteiger partial charge >= 0.3 is 5.97 Å². The molecule has 5 heteroatoms. The summed E-state index contributed by atoms with van der Waals surface area (Å²) in [7, 11) is 0. The largest absolute Gasteiger partial charge is 0.426 e. The predicted octanol–water partition coefficient (Wildman–Crippen LogP) is 5.84. The number of hydrogen-bond acceptors (Lipinski definition) is 3. The van der Waals surface area contributed by atoms with Crippen molar-refractivity contribution < 1.29 is 18.3 Å². The molecule has 2 atom stereocenters. The molecular weight excluding hydrogens is 396 g/mol. The van der Waals surface area contributed by atoms with E-state index in [1.54, 1.807) is 0 Å². The SMILES string of the molecule is CCCCC1CCc2c(ccc3c2CCC(C(=O)Oc2cc(F)c(C#N)c(F)c2)C3)C1. The maximum absolute atomic E-state index is 13.8. The van der Waals surface area contributed by atoms with Gasteiger partial charge in [0.15, 0.2) is 0 Å². The first-order valence-electron chi connectivity index (χ1n) is 11.2. The minimum Gasteiger partial charge on any atom is -0.426 e. The topological polar surface area (TPSA) is 50.1 Å². The van der Waals surface area contributed by atoms with Crippen LogP contribution in [0.5, 0.6) is 5.75 Å². The highest BCUT2D eigenvalue weighted by atomic mass is 19.1. The van der Waals surface area contributed by atoms with Crippen molar-refractivity contribution in [2.75, 3.05) is 0 Å². The van der Waals surface area contributed by atoms with Gasteiger partial charge in [0.2, 0.25) is 0 Å². The number of unbranched alkanes of at least 4 members (excludes halogenated alkanes) is 1. The second-order valence-electron chi connectivity index (χ2n) is 8.83. The van der Waals surface area contributed by atoms with Crippen LogP contribution in [0.3, 0.4) is 0 Å². The third-order valence-corrected chi connectivity index (χ3v) is 6.79. The Bertz CT molecular complexity index is 1020. The standard InChI is InChI=1S/C26H27F2NO2/c1-2-3-4-16-5-9-21-17(11-16)6-7-18-12-19(8-10-22(18)21)26(30)31-20-13-24(27)23(15-29)25(28)14-20/h6-7,13-14,16,19H,2-5,8-12H2,1H3. The van der Waals surface area contributed by atoms with Crippen molar-refractivity contribution in [3.05, 3.63) is 63.7 Å². The number of carbonyl (C=O) groups excluding carboxylic acids is 1. The van der Waals surface area contributed by atoms with Gasteiger partial charge in [-0.25, -0.2) is 8.78 Å². The van der Waals surface area contributed by atoms with Crippen LogP contribution in [-0.4, -0.2) is 5.97 Å². The number of carbonyl (C=O) groups is 1. The molecule has 4 rings (SSSR count). The molecule has 31 heavy (non-hydrogen) atoms. The van der Waals surface area contributed by atoms with Crippen LogP contribution >= 0.6 is 0 Å². The Hall–Kier alpha value is -2.74. The maximum Gasteiger partial charge on any atom is 0.314 e. The summed E-state index contributed by atoms with van der Waals surface area (Å²) in [6.45, 7) is 2.24. The van der Waals surface area contributed by atoms with Crippen molar-refractivity contribution in [1.29, 1.82) is 5.26 Å². The minimum absolute atomic E-state index is 0.201. The van der Waals surface area contributed by atoms with Gasteiger partial charge in [0, 0.05) is 12.1 Å². The van der Waals surface area contributed by atoms with Crippen molar-refractivity contribution in [2.24, 2.45) is 11.8 Å². The molecule has 3 nitrogen and oxygen atoms in total. The van der Waals surface area contributed by atoms with Gasteiger partial charge < -0.3 is 4.74 Å². The predicted molar refractivity (Wildman–Crippen MR) is 114 cm³/mol. The Kier molecular flexibility index (Phi) is 6.36. The van der Waals surface area contributed by atoms with Crippen molar-refractivity contribution >= 4 is 5.97 Å². The number of hydrogen-bond donors (Lipinski definition) is 0. The molecule has 0 aromatic heterocycles. The van der Waals surface area contributed by atoms with Crippen molar-refractivity contribution in [3.63, 3.8) is 0 Å². The van der Waals surface area contributed by atoms with E-state index in [2.05, 4.69) is 19.1 Å². The number of esters is 1. The summed E-state index contributed by atoms with van der Waals surface area (Å²) in [6, 6.07) is 7.62. The molecule has 0 saturated carbocycles. The summed E-state index contributed by atoms with van der Waals surface area (Å²) in [5.41, 5.74) is 4.86. The molecular formula is C26H27F2NO2. The van der Waals surface area contributed by atoms with E-state index in [0.29, 0.717) is 12.8 Å². The fraction of sp³-hybridized carbons (Fsp3) is 0.462. The van der Waals surface area contributed by atoms with Gasteiger partial charge in [-0.05, 0) is 66.7 Å². The fourth-order valence-corrected chi connectivity index (χ4v) is 5.10. The normalized spacial score (nSPS) is 19.8. The lowest BCUT2D eigenvalue weighted by molar-refractivity contribution is -0.139. The molecule has 2 aliphatic carbocycles. The van der Waals surface area contributed by atoms with Crippen LogP contribution in [0.25, 0.3) is 0 Å². The zero-order chi connectivity index (χ0) is 22.0. The van der Waals surface area contributed by atoms with E-state index in [1.165, 1.54) is 54.0 Å². The fourth-order valence-electron chi connectivity index (χ4n) is 5.10. The van der Waals surface area contributed by atoms with Gasteiger partial charge in [-0.3, -0.25) is 4.79 Å². The Morgan fingerprint density at radius 2 is 1.74 bits per heavy atom. The number of rotatable bonds is 5. The maximum atomic E-state index is 13.8. The highest BCUT2D eigenvalue weighted by molar-refractivity contribution is 5.76. The smallest absolute Gasteiger partial charge is 0.314 e. The summed E-state index contributed by atoms with van der Waals surface area (Å²) in [5.74, 6) is -2.29. The van der Waals surface area contributed by atoms with Crippen LogP contribution in [0.4, 0.5) is 8.78 Å². The number of fused-ring (bicyclic) bond motifs is 3. The van der Waals surface area contributed by atoms with Crippen LogP contribution in [0, 0.1) is 34.8 Å². The third kappa shape index (κ3) is 4.49. The van der Waals surface area contributed by atoms with Gasteiger partial charge in [0.25, 0.3) is 0 Å². The monoisotopic (exact) mass is 423 g/mol. The van der Waals surface area contributed by atoms with Crippen molar-refractivity contribution in [3.8, 4) is 11.8 Å². The first kappa shape index (κ1) is 21.5. The molecule has 0 heterocycles. The van der Waals surface area contributed by atoms with Crippen LogP contribution < -0.4 is 4.74 Å². The van der Waals surface area contributed by atoms with E-state index in [4.69, 9.17) is 10.00 Å². The zero-order valence-corrected chi connectivity index (χ0v) is 17.8. The van der Waals surface area contributed by atoms with Crippen LogP contribution in [-0.2, 0) is 30.5 Å². The van der Waals surface area contributed by atoms with E-state index < -0.39 is 23.2 Å². The number of nitriles is 1. The lowest BCUT2D eigenvalue weighted by Crippen LogP contribution is -2.28. The zero-order valence-electron chi connectivity index (χ0n) is 17.8. The average Bonchev–Trinajstić information content (AvgIpc) is 2.76. The van der Waals surface area contributed by atoms with Crippen LogP contribution in [0.15, 0.2) is 24.3 Å². The van der Waals surface area contributed by atoms with Gasteiger partial charge in [0.1, 0.15) is 29.0 Å². The van der Waals surface area contributed by atoms with Crippen molar-refractivity contribution in [1.82, 2.24) is 0 Å². The average molecular weight is 424 g/mol. The summed E-state index contributed by atoms with van der Waals surface area (Å²) in [4.78, 5) is 12.7. The van der Waals surface area contributed by atoms with Crippen molar-refractivity contribution in [2.45, 2.75) is 64.7 Å². The molecule has 0 aliphatic heterocycles. The molecule has 2 aromatic rings. The Labute approximate surface area is 182 Å². The molecule has 0 radical (unpaired) electrons. The van der Waals surface area contributed by atoms with E-state index in [1.807, 2.05) is 0 Å². The van der Waals surface area contributed by atoms with Gasteiger partial charge in [-0.2, -0.15) is 5.26 Å². The summed E-state index contributed by atoms with van der Waals surface area (Å²) < 4.78 is 32.9. The summed E-state index contributed by atoms with van der Waals surface area (Å²) in [5, 5.41) is 8.77. The Balaban J connectivity index is 1.45. The molecule has 0 amide bonds. The first-order chi connectivity index (χ1) is 15.0. The van der Waals surface area contributed by atoms with Gasteiger partial charge in [0.05, 0.1) is 5.92 Å². The number of nitrogens with zero attached hydrogens (tertiary/aromatic N) is 1. The second-order valence-corrected chi connectivity index (χ2v) is 8.83. The van der Waals surface area contributed by atoms with Gasteiger partial charge in [-0.1, -0.05) is 38.3 Å². The van der Waals surface area contributed by atoms with E-state index >= 15 is 0 Å². The molecule has 0 fully saturated rings. The second kappa shape index (κ2) is 9.18. The summed E-state index contributed by atoms with van der Waals surface area (Å²) >= 11 is 0. The molecule has 0 spiro atoms. The molecule has 2 aliphatic rings. The molecule has 162 valence electrons. The van der Waals surface area contributed by atoms with E-state index in [9.17, 15) is 13.6 Å². The lowest BCUT2D eigenvalue weighted by Gasteiger charge is -2.31. The summed E-state index contributed by atoms with van der Waals surface area (Å²) in [6.07, 6.45) is 9.44. The molecule has 2 aromatic carbocycles. The van der Waals surface area contributed by atoms with Crippen LogP contribution in [0.1, 0.15) is 66.8 Å². The van der Waals surface area contributed by atoms with E-state index in [-0.39, 0.29) is 11.7 Å². The molecule has 0 saturated heterocycles. The van der Waals surface area contributed by atoms with Crippen LogP contribution in [0.2, 0.25) is 0 Å². The first-order valence-corrected chi connectivity index (χ1v) is 11.2. The third-order valence-electron chi connectivity index (χ3n) is 6.79. The highest BCUT2D eigenvalue weighted by Gasteiger charge is 2.30. The Morgan fingerprint density at radius 1 is 1.10 bits per heavy atom. The number of halogens is 2. The van der Waals surface area contributed by atoms with E-state index in [0.717, 1.165) is 37.3 Å². The number of ether oxygens (including phenoxy) is 1. The molecule has 0 N–H and O–H groups in total. The molecule has 0 bridgehead atoms. The quantitative estimate of drug-likeness (QED) is 0.448. The Morgan fingerprint density at radius 3 is 2.39 bits per heavy atom.